The SMILES string of the molecule is CCOC(=O)[C@H]1CC[C@H](C(=O)Nc2ccc(S(=O)(=O)NC)cc2C(=O)NCc2ccc(OC)c(Cl)c2)CC1. The molecule has 206 valence electrons. The van der Waals surface area contributed by atoms with Crippen molar-refractivity contribution >= 4 is 45.1 Å². The van der Waals surface area contributed by atoms with Crippen LogP contribution < -0.4 is 20.1 Å². The Morgan fingerprint density at radius 1 is 1.03 bits per heavy atom. The predicted molar refractivity (Wildman–Crippen MR) is 143 cm³/mol. The minimum absolute atomic E-state index is 0.00510. The van der Waals surface area contributed by atoms with Crippen LogP contribution in [0.3, 0.4) is 0 Å². The molecule has 0 unspecified atom stereocenters. The van der Waals surface area contributed by atoms with Crippen LogP contribution in [-0.4, -0.2) is 47.0 Å². The lowest BCUT2D eigenvalue weighted by Gasteiger charge is -2.26. The third-order valence-corrected chi connectivity index (χ3v) is 8.17. The number of halogens is 1. The highest BCUT2D eigenvalue weighted by atomic mass is 35.5. The number of sulfonamides is 1. The average Bonchev–Trinajstić information content (AvgIpc) is 2.92. The Morgan fingerprint density at radius 2 is 1.71 bits per heavy atom. The summed E-state index contributed by atoms with van der Waals surface area (Å²) in [6, 6.07) is 8.99. The monoisotopic (exact) mass is 565 g/mol. The lowest BCUT2D eigenvalue weighted by molar-refractivity contribution is -0.150. The summed E-state index contributed by atoms with van der Waals surface area (Å²) in [4.78, 5) is 38.1. The highest BCUT2D eigenvalue weighted by molar-refractivity contribution is 7.89. The number of rotatable bonds is 10. The zero-order valence-corrected chi connectivity index (χ0v) is 23.1. The zero-order valence-electron chi connectivity index (χ0n) is 21.5. The van der Waals surface area contributed by atoms with E-state index in [0.717, 1.165) is 0 Å². The number of amides is 2. The van der Waals surface area contributed by atoms with Crippen LogP contribution in [0, 0.1) is 11.8 Å². The first-order chi connectivity index (χ1) is 18.1. The van der Waals surface area contributed by atoms with Gasteiger partial charge in [-0.05, 0) is 75.5 Å². The second kappa shape index (κ2) is 13.1. The molecule has 0 bridgehead atoms. The van der Waals surface area contributed by atoms with Crippen molar-refractivity contribution in [1.82, 2.24) is 10.0 Å². The van der Waals surface area contributed by atoms with E-state index in [4.69, 9.17) is 21.1 Å². The topological polar surface area (TPSA) is 140 Å². The maximum atomic E-state index is 13.2. The van der Waals surface area contributed by atoms with E-state index in [1.807, 2.05) is 0 Å². The minimum atomic E-state index is -3.84. The fourth-order valence-electron chi connectivity index (χ4n) is 4.29. The number of hydrogen-bond acceptors (Lipinski definition) is 7. The van der Waals surface area contributed by atoms with Crippen molar-refractivity contribution in [2.45, 2.75) is 44.0 Å². The van der Waals surface area contributed by atoms with Gasteiger partial charge in [0.15, 0.2) is 0 Å². The zero-order chi connectivity index (χ0) is 27.9. The molecule has 0 aromatic heterocycles. The first-order valence-corrected chi connectivity index (χ1v) is 14.1. The second-order valence-electron chi connectivity index (χ2n) is 8.86. The van der Waals surface area contributed by atoms with Crippen molar-refractivity contribution in [2.24, 2.45) is 11.8 Å². The van der Waals surface area contributed by atoms with E-state index in [1.54, 1.807) is 25.1 Å². The van der Waals surface area contributed by atoms with Gasteiger partial charge in [-0.1, -0.05) is 17.7 Å². The number of esters is 1. The number of hydrogen-bond donors (Lipinski definition) is 3. The van der Waals surface area contributed by atoms with E-state index in [-0.39, 0.29) is 46.4 Å². The summed E-state index contributed by atoms with van der Waals surface area (Å²) in [5.74, 6) is -1.20. The Bertz CT molecular complexity index is 1290. The van der Waals surface area contributed by atoms with Gasteiger partial charge in [0, 0.05) is 12.5 Å². The molecule has 1 saturated carbocycles. The van der Waals surface area contributed by atoms with Crippen LogP contribution in [0.4, 0.5) is 5.69 Å². The number of carbonyl (C=O) groups excluding carboxylic acids is 3. The number of anilines is 1. The van der Waals surface area contributed by atoms with Gasteiger partial charge < -0.3 is 20.1 Å². The lowest BCUT2D eigenvalue weighted by Crippen LogP contribution is -2.31. The third-order valence-electron chi connectivity index (χ3n) is 6.46. The molecule has 2 amide bonds. The minimum Gasteiger partial charge on any atom is -0.495 e. The molecule has 0 radical (unpaired) electrons. The van der Waals surface area contributed by atoms with E-state index >= 15 is 0 Å². The molecule has 2 aromatic rings. The molecule has 0 aliphatic heterocycles. The first kappa shape index (κ1) is 29.4. The molecule has 2 aromatic carbocycles. The fourth-order valence-corrected chi connectivity index (χ4v) is 5.33. The first-order valence-electron chi connectivity index (χ1n) is 12.2. The fraction of sp³-hybridized carbons (Fsp3) is 0.423. The number of methoxy groups -OCH3 is 1. The molecule has 3 N–H and O–H groups in total. The van der Waals surface area contributed by atoms with Crippen molar-refractivity contribution in [2.75, 3.05) is 26.1 Å². The summed E-state index contributed by atoms with van der Waals surface area (Å²) in [7, 11) is -1.07. The normalized spacial score (nSPS) is 17.4. The smallest absolute Gasteiger partial charge is 0.308 e. The van der Waals surface area contributed by atoms with E-state index in [1.165, 1.54) is 32.4 Å². The van der Waals surface area contributed by atoms with Crippen molar-refractivity contribution in [3.8, 4) is 5.75 Å². The van der Waals surface area contributed by atoms with Gasteiger partial charge in [0.1, 0.15) is 5.75 Å². The molecular weight excluding hydrogens is 534 g/mol. The molecule has 1 aliphatic rings. The number of nitrogens with one attached hydrogen (secondary N) is 3. The van der Waals surface area contributed by atoms with Crippen molar-refractivity contribution in [3.05, 3.63) is 52.5 Å². The van der Waals surface area contributed by atoms with E-state index < -0.39 is 15.9 Å². The molecule has 1 aliphatic carbocycles. The van der Waals surface area contributed by atoms with Crippen LogP contribution in [0.25, 0.3) is 0 Å². The molecule has 12 heteroatoms. The maximum absolute atomic E-state index is 13.2. The second-order valence-corrected chi connectivity index (χ2v) is 11.2. The van der Waals surface area contributed by atoms with Gasteiger partial charge in [-0.3, -0.25) is 14.4 Å². The van der Waals surface area contributed by atoms with E-state index in [0.29, 0.717) is 48.6 Å². The van der Waals surface area contributed by atoms with Crippen LogP contribution in [0.1, 0.15) is 48.5 Å². The van der Waals surface area contributed by atoms with Gasteiger partial charge in [-0.25, -0.2) is 13.1 Å². The number of carbonyl (C=O) groups is 3. The molecular formula is C26H32ClN3O7S. The van der Waals surface area contributed by atoms with Crippen LogP contribution in [0.15, 0.2) is 41.3 Å². The summed E-state index contributed by atoms with van der Waals surface area (Å²) in [6.45, 7) is 2.18. The average molecular weight is 566 g/mol. The maximum Gasteiger partial charge on any atom is 0.308 e. The molecule has 0 saturated heterocycles. The molecule has 38 heavy (non-hydrogen) atoms. The number of ether oxygens (including phenoxy) is 2. The largest absolute Gasteiger partial charge is 0.495 e. The highest BCUT2D eigenvalue weighted by Gasteiger charge is 2.31. The van der Waals surface area contributed by atoms with Gasteiger partial charge >= 0.3 is 5.97 Å². The molecule has 0 atom stereocenters. The van der Waals surface area contributed by atoms with Gasteiger partial charge in [-0.15, -0.1) is 0 Å². The highest BCUT2D eigenvalue weighted by Crippen LogP contribution is 2.31. The Morgan fingerprint density at radius 3 is 2.32 bits per heavy atom. The molecule has 10 nitrogen and oxygen atoms in total. The molecule has 0 heterocycles. The molecule has 1 fully saturated rings. The number of benzene rings is 2. The quantitative estimate of drug-likeness (QED) is 0.375. The standard InChI is InChI=1S/C26H32ClN3O7S/c1-4-37-26(33)18-8-6-17(7-9-18)24(31)30-22-11-10-19(38(34,35)28-2)14-20(22)25(32)29-15-16-5-12-23(36-3)21(27)13-16/h5,10-14,17-18,28H,4,6-9,15H2,1-3H3,(H,29,32)(H,30,31)/t17-,18-. The Balaban J connectivity index is 1.77. The van der Waals surface area contributed by atoms with Crippen LogP contribution in [0.5, 0.6) is 5.75 Å². The summed E-state index contributed by atoms with van der Waals surface area (Å²) in [5, 5.41) is 5.91. The van der Waals surface area contributed by atoms with Crippen LogP contribution in [-0.2, 0) is 30.9 Å². The molecule has 0 spiro atoms. The van der Waals surface area contributed by atoms with Gasteiger partial charge in [0.05, 0.1) is 40.8 Å². The van der Waals surface area contributed by atoms with Gasteiger partial charge in [0.25, 0.3) is 5.91 Å². The van der Waals surface area contributed by atoms with Gasteiger partial charge in [-0.2, -0.15) is 0 Å². The Hall–Kier alpha value is -3.15. The summed E-state index contributed by atoms with van der Waals surface area (Å²) in [6.07, 6.45) is 2.07. The molecule has 3 rings (SSSR count). The lowest BCUT2D eigenvalue weighted by atomic mass is 9.81. The Kier molecular flexibility index (Phi) is 10.1. The summed E-state index contributed by atoms with van der Waals surface area (Å²) >= 11 is 6.16. The summed E-state index contributed by atoms with van der Waals surface area (Å²) in [5.41, 5.74) is 0.879. The van der Waals surface area contributed by atoms with Gasteiger partial charge in [0.2, 0.25) is 15.9 Å². The van der Waals surface area contributed by atoms with Crippen molar-refractivity contribution in [1.29, 1.82) is 0 Å². The van der Waals surface area contributed by atoms with E-state index in [9.17, 15) is 22.8 Å². The van der Waals surface area contributed by atoms with Crippen molar-refractivity contribution in [3.63, 3.8) is 0 Å². The van der Waals surface area contributed by atoms with E-state index in [2.05, 4.69) is 15.4 Å². The van der Waals surface area contributed by atoms with Crippen LogP contribution in [0.2, 0.25) is 5.02 Å². The predicted octanol–water partition coefficient (Wildman–Crippen LogP) is 3.49. The third kappa shape index (κ3) is 7.24. The van der Waals surface area contributed by atoms with Crippen LogP contribution >= 0.6 is 11.6 Å². The van der Waals surface area contributed by atoms with Crippen molar-refractivity contribution < 1.29 is 32.3 Å². The summed E-state index contributed by atoms with van der Waals surface area (Å²) < 4.78 is 37.2. The Labute approximate surface area is 227 Å².